The van der Waals surface area contributed by atoms with Gasteiger partial charge < -0.3 is 5.11 Å². The lowest BCUT2D eigenvalue weighted by molar-refractivity contribution is 0.277. The van der Waals surface area contributed by atoms with Gasteiger partial charge in [-0.3, -0.25) is 4.98 Å². The number of rotatable bonds is 3. The second-order valence-electron chi connectivity index (χ2n) is 2.89. The molecule has 0 aliphatic rings. The number of nitrogens with zero attached hydrogens (tertiary/aromatic N) is 3. The van der Waals surface area contributed by atoms with Gasteiger partial charge in [-0.2, -0.15) is 0 Å². The molecule has 0 atom stereocenters. The summed E-state index contributed by atoms with van der Waals surface area (Å²) in [6, 6.07) is 3.73. The van der Waals surface area contributed by atoms with Crippen molar-refractivity contribution in [3.63, 3.8) is 0 Å². The van der Waals surface area contributed by atoms with Crippen LogP contribution in [0.5, 0.6) is 0 Å². The van der Waals surface area contributed by atoms with Crippen molar-refractivity contribution in [2.45, 2.75) is 16.5 Å². The van der Waals surface area contributed by atoms with Crippen LogP contribution in [0.3, 0.4) is 0 Å². The van der Waals surface area contributed by atoms with Crippen LogP contribution in [0.4, 0.5) is 0 Å². The molecular weight excluding hydrogens is 246 g/mol. The van der Waals surface area contributed by atoms with Crippen molar-refractivity contribution in [2.75, 3.05) is 0 Å². The third-order valence-electron chi connectivity index (χ3n) is 1.88. The summed E-state index contributed by atoms with van der Waals surface area (Å²) in [6.07, 6.45) is 4.78. The van der Waals surface area contributed by atoms with Crippen molar-refractivity contribution in [3.8, 4) is 0 Å². The van der Waals surface area contributed by atoms with E-state index in [1.807, 2.05) is 12.1 Å². The van der Waals surface area contributed by atoms with Crippen LogP contribution in [0.15, 0.2) is 40.8 Å². The number of hydrogen-bond acceptors (Lipinski definition) is 5. The molecule has 6 heteroatoms. The molecule has 16 heavy (non-hydrogen) atoms. The molecule has 1 N–H and O–H groups in total. The second-order valence-corrected chi connectivity index (χ2v) is 4.31. The lowest BCUT2D eigenvalue weighted by atomic mass is 10.4. The zero-order valence-corrected chi connectivity index (χ0v) is 9.74. The SMILES string of the molecule is OCc1c(Cl)ncnc1Sc1ccncc1. The third-order valence-corrected chi connectivity index (χ3v) is 3.25. The first-order valence-electron chi connectivity index (χ1n) is 4.49. The van der Waals surface area contributed by atoms with E-state index in [4.69, 9.17) is 11.6 Å². The number of pyridine rings is 1. The van der Waals surface area contributed by atoms with Gasteiger partial charge in [0.25, 0.3) is 0 Å². The van der Waals surface area contributed by atoms with Gasteiger partial charge in [0.1, 0.15) is 16.5 Å². The van der Waals surface area contributed by atoms with Gasteiger partial charge in [0.2, 0.25) is 0 Å². The Balaban J connectivity index is 2.31. The highest BCUT2D eigenvalue weighted by atomic mass is 35.5. The molecule has 0 aliphatic heterocycles. The highest BCUT2D eigenvalue weighted by Crippen LogP contribution is 2.30. The molecule has 0 spiro atoms. The summed E-state index contributed by atoms with van der Waals surface area (Å²) in [5.74, 6) is 0. The van der Waals surface area contributed by atoms with Crippen LogP contribution in [0, 0.1) is 0 Å². The number of aliphatic hydroxyl groups is 1. The Kier molecular flexibility index (Phi) is 3.71. The average molecular weight is 254 g/mol. The van der Waals surface area contributed by atoms with Gasteiger partial charge in [-0.05, 0) is 12.1 Å². The fraction of sp³-hybridized carbons (Fsp3) is 0.100. The molecule has 2 aromatic heterocycles. The molecule has 0 unspecified atom stereocenters. The minimum atomic E-state index is -0.174. The molecule has 0 fully saturated rings. The third kappa shape index (κ3) is 2.49. The van der Waals surface area contributed by atoms with Gasteiger partial charge in [-0.15, -0.1) is 0 Å². The largest absolute Gasteiger partial charge is 0.391 e. The van der Waals surface area contributed by atoms with E-state index in [0.717, 1.165) is 4.90 Å². The smallest absolute Gasteiger partial charge is 0.139 e. The van der Waals surface area contributed by atoms with Crippen LogP contribution in [0.25, 0.3) is 0 Å². The second kappa shape index (κ2) is 5.25. The van der Waals surface area contributed by atoms with E-state index < -0.39 is 0 Å². The van der Waals surface area contributed by atoms with E-state index in [2.05, 4.69) is 15.0 Å². The molecule has 0 radical (unpaired) electrons. The maximum atomic E-state index is 9.19. The number of halogens is 1. The van der Waals surface area contributed by atoms with Crippen LogP contribution in [-0.2, 0) is 6.61 Å². The molecule has 2 rings (SSSR count). The van der Waals surface area contributed by atoms with Crippen molar-refractivity contribution < 1.29 is 5.11 Å². The lowest BCUT2D eigenvalue weighted by Crippen LogP contribution is -1.95. The van der Waals surface area contributed by atoms with Crippen molar-refractivity contribution in [1.82, 2.24) is 15.0 Å². The van der Waals surface area contributed by atoms with E-state index in [-0.39, 0.29) is 11.8 Å². The van der Waals surface area contributed by atoms with E-state index in [1.165, 1.54) is 18.1 Å². The quantitative estimate of drug-likeness (QED) is 0.850. The first kappa shape index (κ1) is 11.3. The Labute approximate surface area is 102 Å². The van der Waals surface area contributed by atoms with E-state index >= 15 is 0 Å². The summed E-state index contributed by atoms with van der Waals surface area (Å²) >= 11 is 7.28. The standard InChI is InChI=1S/C10H8ClN3OS/c11-9-8(5-15)10(14-6-13-9)16-7-1-3-12-4-2-7/h1-4,6,15H,5H2. The molecule has 82 valence electrons. The normalized spacial score (nSPS) is 10.4. The summed E-state index contributed by atoms with van der Waals surface area (Å²) < 4.78 is 0. The Morgan fingerprint density at radius 1 is 1.25 bits per heavy atom. The monoisotopic (exact) mass is 253 g/mol. The maximum absolute atomic E-state index is 9.19. The van der Waals surface area contributed by atoms with Crippen LogP contribution >= 0.6 is 23.4 Å². The zero-order valence-electron chi connectivity index (χ0n) is 8.17. The first-order valence-corrected chi connectivity index (χ1v) is 5.69. The molecule has 0 saturated heterocycles. The predicted octanol–water partition coefficient (Wildman–Crippen LogP) is 2.17. The number of aliphatic hydroxyl groups excluding tert-OH is 1. The van der Waals surface area contributed by atoms with Crippen LogP contribution in [0.2, 0.25) is 5.15 Å². The molecule has 2 heterocycles. The van der Waals surface area contributed by atoms with Gasteiger partial charge in [-0.25, -0.2) is 9.97 Å². The molecule has 0 aromatic carbocycles. The molecule has 4 nitrogen and oxygen atoms in total. The van der Waals surface area contributed by atoms with E-state index in [1.54, 1.807) is 12.4 Å². The molecular formula is C10H8ClN3OS. The average Bonchev–Trinajstić information content (AvgIpc) is 2.31. The topological polar surface area (TPSA) is 58.9 Å². The van der Waals surface area contributed by atoms with E-state index in [0.29, 0.717) is 10.6 Å². The number of hydrogen-bond donors (Lipinski definition) is 1. The number of aromatic nitrogens is 3. The summed E-state index contributed by atoms with van der Waals surface area (Å²) in [5.41, 5.74) is 0.547. The molecule has 0 amide bonds. The van der Waals surface area contributed by atoms with Crippen molar-refractivity contribution in [1.29, 1.82) is 0 Å². The van der Waals surface area contributed by atoms with Crippen molar-refractivity contribution in [2.24, 2.45) is 0 Å². The maximum Gasteiger partial charge on any atom is 0.139 e. The van der Waals surface area contributed by atoms with Gasteiger partial charge in [0.05, 0.1) is 6.61 Å². The van der Waals surface area contributed by atoms with Crippen molar-refractivity contribution >= 4 is 23.4 Å². The molecule has 0 aliphatic carbocycles. The van der Waals surface area contributed by atoms with Gasteiger partial charge in [-0.1, -0.05) is 23.4 Å². The highest BCUT2D eigenvalue weighted by molar-refractivity contribution is 7.99. The first-order chi connectivity index (χ1) is 7.81. The fourth-order valence-electron chi connectivity index (χ4n) is 1.11. The summed E-state index contributed by atoms with van der Waals surface area (Å²) in [5, 5.41) is 10.1. The Hall–Kier alpha value is -1.17. The Morgan fingerprint density at radius 2 is 2.00 bits per heavy atom. The summed E-state index contributed by atoms with van der Waals surface area (Å²) in [7, 11) is 0. The molecule has 0 bridgehead atoms. The van der Waals surface area contributed by atoms with Gasteiger partial charge >= 0.3 is 0 Å². The Bertz CT molecular complexity index is 481. The van der Waals surface area contributed by atoms with Crippen LogP contribution in [0.1, 0.15) is 5.56 Å². The van der Waals surface area contributed by atoms with Crippen molar-refractivity contribution in [3.05, 3.63) is 41.6 Å². The van der Waals surface area contributed by atoms with Crippen LogP contribution < -0.4 is 0 Å². The van der Waals surface area contributed by atoms with E-state index in [9.17, 15) is 5.11 Å². The fourth-order valence-corrected chi connectivity index (χ4v) is 2.23. The predicted molar refractivity (Wildman–Crippen MR) is 61.3 cm³/mol. The van der Waals surface area contributed by atoms with Gasteiger partial charge in [0, 0.05) is 22.9 Å². The Morgan fingerprint density at radius 3 is 2.69 bits per heavy atom. The van der Waals surface area contributed by atoms with Crippen LogP contribution in [-0.4, -0.2) is 20.1 Å². The summed E-state index contributed by atoms with van der Waals surface area (Å²) in [4.78, 5) is 12.8. The molecule has 0 saturated carbocycles. The lowest BCUT2D eigenvalue weighted by Gasteiger charge is -2.06. The summed E-state index contributed by atoms with van der Waals surface area (Å²) in [6.45, 7) is -0.174. The zero-order chi connectivity index (χ0) is 11.4. The minimum absolute atomic E-state index is 0.174. The highest BCUT2D eigenvalue weighted by Gasteiger charge is 2.09. The molecule has 2 aromatic rings. The van der Waals surface area contributed by atoms with Gasteiger partial charge in [0.15, 0.2) is 0 Å². The minimum Gasteiger partial charge on any atom is -0.391 e.